The van der Waals surface area contributed by atoms with Crippen molar-refractivity contribution in [3.05, 3.63) is 48.7 Å². The van der Waals surface area contributed by atoms with Crippen LogP contribution in [0.1, 0.15) is 6.42 Å². The van der Waals surface area contributed by atoms with Gasteiger partial charge in [0, 0.05) is 25.3 Å². The molecule has 7 heteroatoms. The fourth-order valence-electron chi connectivity index (χ4n) is 3.07. The lowest BCUT2D eigenvalue weighted by atomic mass is 10.2. The van der Waals surface area contributed by atoms with Crippen LogP contribution >= 0.6 is 0 Å². The van der Waals surface area contributed by atoms with Gasteiger partial charge in [0.1, 0.15) is 17.9 Å². The van der Waals surface area contributed by atoms with E-state index in [0.717, 1.165) is 36.4 Å². The van der Waals surface area contributed by atoms with Crippen molar-refractivity contribution in [2.75, 3.05) is 18.0 Å². The average molecular weight is 322 g/mol. The van der Waals surface area contributed by atoms with Crippen molar-refractivity contribution in [1.82, 2.24) is 25.3 Å². The van der Waals surface area contributed by atoms with Gasteiger partial charge in [0.05, 0.1) is 5.52 Å². The van der Waals surface area contributed by atoms with Crippen molar-refractivity contribution >= 4 is 22.8 Å². The minimum atomic E-state index is -0.0430. The van der Waals surface area contributed by atoms with Gasteiger partial charge in [-0.2, -0.15) is 0 Å². The van der Waals surface area contributed by atoms with E-state index >= 15 is 0 Å². The number of amides is 1. The Morgan fingerprint density at radius 1 is 1.21 bits per heavy atom. The number of benzene rings is 1. The second-order valence-corrected chi connectivity index (χ2v) is 5.92. The monoisotopic (exact) mass is 322 g/mol. The number of hydrogen-bond acceptors (Lipinski definition) is 5. The molecule has 1 aromatic carbocycles. The fraction of sp³-hybridized carbons (Fsp3) is 0.294. The molecule has 1 aliphatic rings. The molecule has 3 aromatic rings. The van der Waals surface area contributed by atoms with Gasteiger partial charge in [-0.05, 0) is 30.7 Å². The molecule has 0 aliphatic carbocycles. The van der Waals surface area contributed by atoms with Gasteiger partial charge in [-0.15, -0.1) is 5.10 Å². The lowest BCUT2D eigenvalue weighted by Crippen LogP contribution is -2.39. The van der Waals surface area contributed by atoms with Crippen LogP contribution in [0.15, 0.2) is 48.7 Å². The third-order valence-electron chi connectivity index (χ3n) is 4.24. The molecule has 0 saturated carbocycles. The van der Waals surface area contributed by atoms with E-state index < -0.39 is 0 Å². The number of carbonyl (C=O) groups is 1. The summed E-state index contributed by atoms with van der Waals surface area (Å²) in [5, 5.41) is 11.2. The summed E-state index contributed by atoms with van der Waals surface area (Å²) < 4.78 is 1.64. The minimum absolute atomic E-state index is 0.0430. The van der Waals surface area contributed by atoms with E-state index in [1.165, 1.54) is 0 Å². The molecule has 1 fully saturated rings. The molecule has 1 N–H and O–H groups in total. The van der Waals surface area contributed by atoms with Crippen molar-refractivity contribution < 1.29 is 4.79 Å². The quantitative estimate of drug-likeness (QED) is 0.782. The first-order chi connectivity index (χ1) is 11.8. The molecule has 3 heterocycles. The van der Waals surface area contributed by atoms with E-state index in [0.29, 0.717) is 0 Å². The van der Waals surface area contributed by atoms with Gasteiger partial charge >= 0.3 is 0 Å². The van der Waals surface area contributed by atoms with E-state index in [2.05, 4.69) is 25.5 Å². The van der Waals surface area contributed by atoms with Gasteiger partial charge in [0.2, 0.25) is 5.91 Å². The van der Waals surface area contributed by atoms with E-state index in [-0.39, 0.29) is 18.5 Å². The Morgan fingerprint density at radius 3 is 2.96 bits per heavy atom. The molecule has 0 bridgehead atoms. The van der Waals surface area contributed by atoms with Gasteiger partial charge in [-0.25, -0.2) is 9.67 Å². The van der Waals surface area contributed by atoms with E-state index in [1.54, 1.807) is 10.9 Å². The predicted octanol–water partition coefficient (Wildman–Crippen LogP) is 1.22. The minimum Gasteiger partial charge on any atom is -0.354 e. The van der Waals surface area contributed by atoms with Crippen LogP contribution in [0.4, 0.5) is 5.82 Å². The average Bonchev–Trinajstić information content (AvgIpc) is 3.23. The Kier molecular flexibility index (Phi) is 3.82. The topological polar surface area (TPSA) is 75.9 Å². The van der Waals surface area contributed by atoms with Crippen molar-refractivity contribution in [3.63, 3.8) is 0 Å². The van der Waals surface area contributed by atoms with Crippen molar-refractivity contribution in [3.8, 4) is 0 Å². The molecule has 0 unspecified atom stereocenters. The summed E-state index contributed by atoms with van der Waals surface area (Å²) in [4.78, 5) is 18.9. The highest BCUT2D eigenvalue weighted by Crippen LogP contribution is 2.17. The lowest BCUT2D eigenvalue weighted by molar-refractivity contribution is -0.122. The molecule has 1 aliphatic heterocycles. The van der Waals surface area contributed by atoms with Gasteiger partial charge in [0.25, 0.3) is 0 Å². The van der Waals surface area contributed by atoms with Gasteiger partial charge in [0.15, 0.2) is 0 Å². The third-order valence-corrected chi connectivity index (χ3v) is 4.24. The van der Waals surface area contributed by atoms with Gasteiger partial charge < -0.3 is 10.2 Å². The largest absolute Gasteiger partial charge is 0.354 e. The highest BCUT2D eigenvalue weighted by Gasteiger charge is 2.24. The first kappa shape index (κ1) is 14.6. The number of nitrogens with one attached hydrogen (secondary N) is 1. The van der Waals surface area contributed by atoms with Crippen LogP contribution in [0.25, 0.3) is 11.0 Å². The number of aromatic nitrogens is 4. The smallest absolute Gasteiger partial charge is 0.242 e. The van der Waals surface area contributed by atoms with Crippen LogP contribution < -0.4 is 10.2 Å². The zero-order chi connectivity index (χ0) is 16.4. The third kappa shape index (κ3) is 2.92. The lowest BCUT2D eigenvalue weighted by Gasteiger charge is -2.17. The summed E-state index contributed by atoms with van der Waals surface area (Å²) >= 11 is 0. The Balaban J connectivity index is 1.37. The summed E-state index contributed by atoms with van der Waals surface area (Å²) in [7, 11) is 0. The molecule has 7 nitrogen and oxygen atoms in total. The summed E-state index contributed by atoms with van der Waals surface area (Å²) in [5.41, 5.74) is 1.67. The van der Waals surface area contributed by atoms with Crippen LogP contribution in [-0.2, 0) is 11.3 Å². The molecule has 4 rings (SSSR count). The number of nitrogens with zero attached hydrogens (tertiary/aromatic N) is 5. The Bertz CT molecular complexity index is 846. The SMILES string of the molecule is O=C(Cn1nnc2ccccc21)N[C@@H]1CCN(c2ccccn2)C1. The highest BCUT2D eigenvalue weighted by atomic mass is 16.2. The molecule has 1 amide bonds. The van der Waals surface area contributed by atoms with Crippen molar-refractivity contribution in [2.24, 2.45) is 0 Å². The van der Waals surface area contributed by atoms with Crippen molar-refractivity contribution in [1.29, 1.82) is 0 Å². The standard InChI is InChI=1S/C17H18N6O/c24-17(12-23-15-6-2-1-5-14(15)20-21-23)19-13-8-10-22(11-13)16-7-3-4-9-18-16/h1-7,9,13H,8,10-12H2,(H,19,24)/t13-/m1/s1. The Morgan fingerprint density at radius 2 is 2.08 bits per heavy atom. The number of para-hydroxylation sites is 1. The molecule has 122 valence electrons. The highest BCUT2D eigenvalue weighted by molar-refractivity contribution is 5.80. The van der Waals surface area contributed by atoms with Gasteiger partial charge in [-0.1, -0.05) is 23.4 Å². The van der Waals surface area contributed by atoms with Crippen LogP contribution in [0.2, 0.25) is 0 Å². The van der Waals surface area contributed by atoms with E-state index in [9.17, 15) is 4.79 Å². The summed E-state index contributed by atoms with van der Waals surface area (Å²) in [6, 6.07) is 13.6. The van der Waals surface area contributed by atoms with Crippen LogP contribution in [0.3, 0.4) is 0 Å². The molecule has 0 spiro atoms. The number of carbonyl (C=O) groups excluding carboxylic acids is 1. The number of fused-ring (bicyclic) bond motifs is 1. The normalized spacial score (nSPS) is 17.3. The Hall–Kier alpha value is -2.96. The molecule has 24 heavy (non-hydrogen) atoms. The van der Waals surface area contributed by atoms with E-state index in [1.807, 2.05) is 42.5 Å². The molecular weight excluding hydrogens is 304 g/mol. The first-order valence-electron chi connectivity index (χ1n) is 8.03. The van der Waals surface area contributed by atoms with Crippen LogP contribution in [-0.4, -0.2) is 45.0 Å². The molecule has 2 aromatic heterocycles. The maximum absolute atomic E-state index is 12.3. The number of hydrogen-bond donors (Lipinski definition) is 1. The van der Waals surface area contributed by atoms with Crippen LogP contribution in [0, 0.1) is 0 Å². The first-order valence-corrected chi connectivity index (χ1v) is 8.03. The Labute approximate surface area is 139 Å². The van der Waals surface area contributed by atoms with Gasteiger partial charge in [-0.3, -0.25) is 4.79 Å². The second kappa shape index (κ2) is 6.27. The molecule has 1 saturated heterocycles. The fourth-order valence-corrected chi connectivity index (χ4v) is 3.07. The van der Waals surface area contributed by atoms with Crippen molar-refractivity contribution in [2.45, 2.75) is 19.0 Å². The summed E-state index contributed by atoms with van der Waals surface area (Å²) in [5.74, 6) is 0.912. The summed E-state index contributed by atoms with van der Waals surface area (Å²) in [6.45, 7) is 1.86. The molecular formula is C17H18N6O. The molecule has 0 radical (unpaired) electrons. The second-order valence-electron chi connectivity index (χ2n) is 5.92. The maximum Gasteiger partial charge on any atom is 0.242 e. The molecule has 1 atom stereocenters. The zero-order valence-electron chi connectivity index (χ0n) is 13.2. The zero-order valence-corrected chi connectivity index (χ0v) is 13.2. The van der Waals surface area contributed by atoms with E-state index in [4.69, 9.17) is 0 Å². The number of rotatable bonds is 4. The maximum atomic E-state index is 12.3. The van der Waals surface area contributed by atoms with Crippen LogP contribution in [0.5, 0.6) is 0 Å². The summed E-state index contributed by atoms with van der Waals surface area (Å²) in [6.07, 6.45) is 2.71. The number of pyridine rings is 1. The predicted molar refractivity (Wildman–Crippen MR) is 90.5 cm³/mol. The number of anilines is 1.